The number of halogens is 2. The Hall–Kier alpha value is -3.30. The van der Waals surface area contributed by atoms with Crippen molar-refractivity contribution in [3.63, 3.8) is 0 Å². The number of nitrogens with two attached hydrogens (primary N) is 1. The normalized spacial score (nSPS) is 13.0. The van der Waals surface area contributed by atoms with Gasteiger partial charge in [0.05, 0.1) is 12.6 Å². The van der Waals surface area contributed by atoms with Crippen molar-refractivity contribution < 1.29 is 13.5 Å². The van der Waals surface area contributed by atoms with Gasteiger partial charge >= 0.3 is 0 Å². The zero-order chi connectivity index (χ0) is 18.4. The summed E-state index contributed by atoms with van der Waals surface area (Å²) in [5.74, 6) is 0.408. The second-order valence-electron chi connectivity index (χ2n) is 5.81. The number of hydrogen-bond acceptors (Lipinski definition) is 6. The molecular weight excluding hydrogens is 344 g/mol. The Morgan fingerprint density at radius 1 is 1.23 bits per heavy atom. The zero-order valence-electron chi connectivity index (χ0n) is 14.0. The molecule has 10 heteroatoms. The predicted octanol–water partition coefficient (Wildman–Crippen LogP) is 2.56. The Kier molecular flexibility index (Phi) is 3.67. The molecule has 0 unspecified atom stereocenters. The smallest absolute Gasteiger partial charge is 0.260 e. The van der Waals surface area contributed by atoms with E-state index in [1.807, 2.05) is 12.1 Å². The Bertz CT molecular complexity index is 1100. The lowest BCUT2D eigenvalue weighted by Crippen LogP contribution is -2.15. The van der Waals surface area contributed by atoms with Crippen molar-refractivity contribution in [2.24, 2.45) is 0 Å². The van der Waals surface area contributed by atoms with Crippen LogP contribution in [0.15, 0.2) is 30.5 Å². The maximum absolute atomic E-state index is 13.1. The van der Waals surface area contributed by atoms with Crippen molar-refractivity contribution in [2.45, 2.75) is 19.4 Å². The minimum atomic E-state index is -2.55. The quantitative estimate of drug-likeness (QED) is 0.602. The minimum Gasteiger partial charge on any atom is -0.479 e. The van der Waals surface area contributed by atoms with E-state index in [2.05, 4.69) is 20.4 Å². The van der Waals surface area contributed by atoms with Crippen molar-refractivity contribution in [3.8, 4) is 17.0 Å². The Balaban J connectivity index is 1.92. The third-order valence-corrected chi connectivity index (χ3v) is 4.22. The number of nitrogen functional groups attached to an aromatic ring is 1. The Morgan fingerprint density at radius 2 is 2.04 bits per heavy atom. The molecule has 0 radical (unpaired) electrons. The van der Waals surface area contributed by atoms with Gasteiger partial charge in [0.1, 0.15) is 17.1 Å². The largest absolute Gasteiger partial charge is 0.479 e. The molecule has 26 heavy (non-hydrogen) atoms. The molecule has 0 bridgehead atoms. The van der Waals surface area contributed by atoms with Crippen LogP contribution in [0.25, 0.3) is 27.7 Å². The monoisotopic (exact) mass is 359 g/mol. The van der Waals surface area contributed by atoms with Gasteiger partial charge in [0.2, 0.25) is 11.8 Å². The van der Waals surface area contributed by atoms with Gasteiger partial charge in [-0.1, -0.05) is 11.3 Å². The van der Waals surface area contributed by atoms with Crippen LogP contribution in [0.4, 0.5) is 14.7 Å². The first-order valence-electron chi connectivity index (χ1n) is 7.82. The summed E-state index contributed by atoms with van der Waals surface area (Å²) in [6.07, 6.45) is -0.817. The number of fused-ring (bicyclic) bond motifs is 2. The number of hydrogen-bond donors (Lipinski definition) is 1. The molecule has 0 aliphatic heterocycles. The third-order valence-electron chi connectivity index (χ3n) is 4.22. The van der Waals surface area contributed by atoms with Crippen molar-refractivity contribution in [2.75, 3.05) is 12.8 Å². The van der Waals surface area contributed by atoms with Crippen LogP contribution in [0, 0.1) is 0 Å². The van der Waals surface area contributed by atoms with E-state index in [1.54, 1.807) is 22.8 Å². The molecule has 134 valence electrons. The molecule has 4 rings (SSSR count). The second kappa shape index (κ2) is 5.90. The lowest BCUT2D eigenvalue weighted by molar-refractivity contribution is 0.0866. The number of methoxy groups -OCH3 is 1. The topological polar surface area (TPSA) is 96.2 Å². The summed E-state index contributed by atoms with van der Waals surface area (Å²) < 4.78 is 34.3. The SMILES string of the molecule is COc1nc(N)nn2ccc(-c3ccc4nnn([C@@H](C)C(F)F)c4c3)c12. The van der Waals surface area contributed by atoms with E-state index in [9.17, 15) is 8.78 Å². The summed E-state index contributed by atoms with van der Waals surface area (Å²) in [6.45, 7) is 1.40. The summed E-state index contributed by atoms with van der Waals surface area (Å²) >= 11 is 0. The average Bonchev–Trinajstić information content (AvgIpc) is 3.23. The van der Waals surface area contributed by atoms with E-state index in [4.69, 9.17) is 10.5 Å². The van der Waals surface area contributed by atoms with Crippen LogP contribution < -0.4 is 10.5 Å². The molecule has 4 aromatic rings. The number of ether oxygens (including phenoxy) is 1. The highest BCUT2D eigenvalue weighted by atomic mass is 19.3. The molecule has 2 N–H and O–H groups in total. The average molecular weight is 359 g/mol. The highest BCUT2D eigenvalue weighted by molar-refractivity contribution is 5.89. The molecule has 3 aromatic heterocycles. The predicted molar refractivity (Wildman–Crippen MR) is 91.2 cm³/mol. The van der Waals surface area contributed by atoms with Crippen molar-refractivity contribution >= 4 is 22.5 Å². The molecular formula is C16H15F2N7O. The fraction of sp³-hybridized carbons (Fsp3) is 0.250. The van der Waals surface area contributed by atoms with E-state index in [1.165, 1.54) is 18.7 Å². The highest BCUT2D eigenvalue weighted by Gasteiger charge is 2.21. The molecule has 3 heterocycles. The van der Waals surface area contributed by atoms with E-state index in [-0.39, 0.29) is 5.95 Å². The van der Waals surface area contributed by atoms with Gasteiger partial charge in [0, 0.05) is 11.8 Å². The third kappa shape index (κ3) is 2.41. The number of alkyl halides is 2. The first-order valence-corrected chi connectivity index (χ1v) is 7.82. The molecule has 0 amide bonds. The molecule has 0 saturated carbocycles. The van der Waals surface area contributed by atoms with Gasteiger partial charge in [-0.05, 0) is 30.7 Å². The number of nitrogens with zero attached hydrogens (tertiary/aromatic N) is 6. The number of aromatic nitrogens is 6. The fourth-order valence-corrected chi connectivity index (χ4v) is 2.89. The van der Waals surface area contributed by atoms with E-state index < -0.39 is 12.5 Å². The standard InChI is InChI=1S/C16H15F2N7O/c1-8(14(17)18)25-12-7-9(3-4-11(12)21-23-25)10-5-6-24-13(10)15(26-2)20-16(19)22-24/h3-8,14H,1-2H3,(H2,19,22)/t8-/m0/s1. The van der Waals surface area contributed by atoms with Crippen LogP contribution in [-0.4, -0.2) is 43.1 Å². The maximum atomic E-state index is 13.1. The highest BCUT2D eigenvalue weighted by Crippen LogP contribution is 2.33. The van der Waals surface area contributed by atoms with Gasteiger partial charge in [-0.15, -0.1) is 10.2 Å². The molecule has 0 fully saturated rings. The van der Waals surface area contributed by atoms with Crippen LogP contribution in [-0.2, 0) is 0 Å². The van der Waals surface area contributed by atoms with Crippen molar-refractivity contribution in [1.29, 1.82) is 0 Å². The summed E-state index contributed by atoms with van der Waals surface area (Å²) in [5, 5.41) is 11.9. The summed E-state index contributed by atoms with van der Waals surface area (Å²) in [7, 11) is 1.49. The van der Waals surface area contributed by atoms with Crippen LogP contribution in [0.1, 0.15) is 13.0 Å². The first-order chi connectivity index (χ1) is 12.5. The van der Waals surface area contributed by atoms with Gasteiger partial charge in [0.25, 0.3) is 6.43 Å². The molecule has 0 spiro atoms. The fourth-order valence-electron chi connectivity index (χ4n) is 2.89. The van der Waals surface area contributed by atoms with Gasteiger partial charge in [-0.2, -0.15) is 4.98 Å². The van der Waals surface area contributed by atoms with Gasteiger partial charge in [0.15, 0.2) is 0 Å². The van der Waals surface area contributed by atoms with Crippen LogP contribution >= 0.6 is 0 Å². The number of benzene rings is 1. The summed E-state index contributed by atoms with van der Waals surface area (Å²) in [4.78, 5) is 4.09. The summed E-state index contributed by atoms with van der Waals surface area (Å²) in [6, 6.07) is 6.08. The van der Waals surface area contributed by atoms with Crippen molar-refractivity contribution in [1.82, 2.24) is 29.6 Å². The maximum Gasteiger partial charge on any atom is 0.260 e. The zero-order valence-corrected chi connectivity index (χ0v) is 14.0. The Labute approximate surface area is 146 Å². The van der Waals surface area contributed by atoms with Crippen LogP contribution in [0.2, 0.25) is 0 Å². The van der Waals surface area contributed by atoms with E-state index in [0.717, 1.165) is 11.1 Å². The van der Waals surface area contributed by atoms with Crippen LogP contribution in [0.3, 0.4) is 0 Å². The van der Waals surface area contributed by atoms with Gasteiger partial charge in [-0.25, -0.2) is 18.0 Å². The first kappa shape index (κ1) is 16.2. The molecule has 0 aliphatic rings. The minimum absolute atomic E-state index is 0.0833. The van der Waals surface area contributed by atoms with Crippen LogP contribution in [0.5, 0.6) is 5.88 Å². The lowest BCUT2D eigenvalue weighted by Gasteiger charge is -2.11. The number of rotatable bonds is 4. The van der Waals surface area contributed by atoms with Gasteiger partial charge < -0.3 is 10.5 Å². The lowest BCUT2D eigenvalue weighted by atomic mass is 10.1. The van der Waals surface area contributed by atoms with E-state index >= 15 is 0 Å². The number of anilines is 1. The molecule has 0 saturated heterocycles. The molecule has 1 aromatic carbocycles. The molecule has 0 aliphatic carbocycles. The Morgan fingerprint density at radius 3 is 2.77 bits per heavy atom. The second-order valence-corrected chi connectivity index (χ2v) is 5.81. The molecule has 8 nitrogen and oxygen atoms in total. The summed E-state index contributed by atoms with van der Waals surface area (Å²) in [5.41, 5.74) is 8.91. The van der Waals surface area contributed by atoms with Crippen molar-refractivity contribution in [3.05, 3.63) is 30.5 Å². The van der Waals surface area contributed by atoms with Gasteiger partial charge in [-0.3, -0.25) is 0 Å². The molecule has 1 atom stereocenters. The van der Waals surface area contributed by atoms with E-state index in [0.29, 0.717) is 22.4 Å².